The Morgan fingerprint density at radius 3 is 2.86 bits per heavy atom. The molecule has 1 heterocycles. The number of ketones is 1. The number of para-hydroxylation sites is 1. The molecule has 1 aromatic heterocycles. The zero-order valence-electron chi connectivity index (χ0n) is 7.82. The highest BCUT2D eigenvalue weighted by atomic mass is 16.1. The largest absolute Gasteiger partial charge is 0.350 e. The molecule has 2 aromatic rings. The van der Waals surface area contributed by atoms with Crippen molar-refractivity contribution in [1.29, 1.82) is 0 Å². The van der Waals surface area contributed by atoms with Crippen molar-refractivity contribution in [2.24, 2.45) is 7.05 Å². The van der Waals surface area contributed by atoms with Gasteiger partial charge in [0, 0.05) is 24.1 Å². The third-order valence-corrected chi connectivity index (χ3v) is 2.27. The lowest BCUT2D eigenvalue weighted by Crippen LogP contribution is -1.92. The van der Waals surface area contributed by atoms with E-state index in [0.717, 1.165) is 10.9 Å². The molecule has 2 rings (SSSR count). The lowest BCUT2D eigenvalue weighted by molar-refractivity contribution is 0.105. The van der Waals surface area contributed by atoms with Crippen LogP contribution in [0.4, 0.5) is 0 Å². The first-order valence-corrected chi connectivity index (χ1v) is 4.29. The zero-order valence-corrected chi connectivity index (χ0v) is 7.82. The molecular formula is C12H9NO. The van der Waals surface area contributed by atoms with Gasteiger partial charge >= 0.3 is 0 Å². The fraction of sp³-hybridized carbons (Fsp3) is 0.0833. The summed E-state index contributed by atoms with van der Waals surface area (Å²) in [6.07, 6.45) is 6.87. The lowest BCUT2D eigenvalue weighted by atomic mass is 10.1. The molecule has 0 fully saturated rings. The highest BCUT2D eigenvalue weighted by Crippen LogP contribution is 2.20. The van der Waals surface area contributed by atoms with E-state index in [4.69, 9.17) is 6.42 Å². The van der Waals surface area contributed by atoms with Crippen LogP contribution in [0.5, 0.6) is 0 Å². The van der Waals surface area contributed by atoms with Gasteiger partial charge in [0.25, 0.3) is 0 Å². The summed E-state index contributed by atoms with van der Waals surface area (Å²) < 4.78 is 1.90. The van der Waals surface area contributed by atoms with E-state index in [1.807, 2.05) is 35.9 Å². The molecule has 0 unspecified atom stereocenters. The van der Waals surface area contributed by atoms with Gasteiger partial charge in [-0.25, -0.2) is 0 Å². The van der Waals surface area contributed by atoms with Gasteiger partial charge in [-0.1, -0.05) is 18.2 Å². The molecule has 0 radical (unpaired) electrons. The van der Waals surface area contributed by atoms with Crippen molar-refractivity contribution in [2.45, 2.75) is 0 Å². The van der Waals surface area contributed by atoms with Crippen LogP contribution in [-0.4, -0.2) is 10.4 Å². The maximum Gasteiger partial charge on any atom is 0.237 e. The minimum absolute atomic E-state index is 0.262. The number of aryl methyl sites for hydroxylation is 1. The van der Waals surface area contributed by atoms with Crippen molar-refractivity contribution in [3.05, 3.63) is 36.0 Å². The van der Waals surface area contributed by atoms with Gasteiger partial charge in [0.1, 0.15) is 0 Å². The Kier molecular flexibility index (Phi) is 1.86. The smallest absolute Gasteiger partial charge is 0.237 e. The van der Waals surface area contributed by atoms with Gasteiger partial charge in [0.05, 0.1) is 5.56 Å². The summed E-state index contributed by atoms with van der Waals surface area (Å²) >= 11 is 0. The number of rotatable bonds is 1. The predicted octanol–water partition coefficient (Wildman–Crippen LogP) is 1.99. The molecule has 0 N–H and O–H groups in total. The first kappa shape index (κ1) is 8.58. The first-order chi connectivity index (χ1) is 6.74. The van der Waals surface area contributed by atoms with E-state index < -0.39 is 0 Å². The summed E-state index contributed by atoms with van der Waals surface area (Å²) in [5, 5.41) is 0.915. The predicted molar refractivity (Wildman–Crippen MR) is 56.1 cm³/mol. The Bertz CT molecular complexity index is 543. The van der Waals surface area contributed by atoms with Gasteiger partial charge in [-0.05, 0) is 12.0 Å². The number of Topliss-reactive ketones (excluding diaryl/α,β-unsaturated/α-hetero) is 1. The molecule has 0 bridgehead atoms. The number of terminal acetylenes is 1. The highest BCUT2D eigenvalue weighted by Gasteiger charge is 2.10. The number of aromatic nitrogens is 1. The topological polar surface area (TPSA) is 22.0 Å². The third kappa shape index (κ3) is 1.11. The molecule has 68 valence electrons. The Morgan fingerprint density at radius 2 is 2.14 bits per heavy atom. The van der Waals surface area contributed by atoms with Crippen LogP contribution in [0.2, 0.25) is 0 Å². The van der Waals surface area contributed by atoms with Gasteiger partial charge in [-0.2, -0.15) is 0 Å². The number of nitrogens with zero attached hydrogens (tertiary/aromatic N) is 1. The molecule has 0 amide bonds. The summed E-state index contributed by atoms with van der Waals surface area (Å²) in [5.41, 5.74) is 1.62. The molecule has 0 aliphatic carbocycles. The summed E-state index contributed by atoms with van der Waals surface area (Å²) in [7, 11) is 1.90. The van der Waals surface area contributed by atoms with Crippen molar-refractivity contribution in [2.75, 3.05) is 0 Å². The van der Waals surface area contributed by atoms with E-state index in [1.54, 1.807) is 6.20 Å². The van der Waals surface area contributed by atoms with Gasteiger partial charge < -0.3 is 4.57 Å². The van der Waals surface area contributed by atoms with Crippen LogP contribution in [0.1, 0.15) is 10.4 Å². The van der Waals surface area contributed by atoms with Crippen molar-refractivity contribution in [3.8, 4) is 12.3 Å². The van der Waals surface area contributed by atoms with E-state index in [-0.39, 0.29) is 5.78 Å². The van der Waals surface area contributed by atoms with Gasteiger partial charge in [0.2, 0.25) is 5.78 Å². The van der Waals surface area contributed by atoms with E-state index >= 15 is 0 Å². The van der Waals surface area contributed by atoms with Crippen LogP contribution in [0.3, 0.4) is 0 Å². The second-order valence-electron chi connectivity index (χ2n) is 3.14. The average Bonchev–Trinajstić information content (AvgIpc) is 2.56. The molecule has 14 heavy (non-hydrogen) atoms. The SMILES string of the molecule is C#CC(=O)c1cn(C)c2ccccc12. The van der Waals surface area contributed by atoms with E-state index in [1.165, 1.54) is 0 Å². The van der Waals surface area contributed by atoms with Gasteiger partial charge in [0.15, 0.2) is 0 Å². The molecule has 0 aliphatic rings. The van der Waals surface area contributed by atoms with Crippen molar-refractivity contribution < 1.29 is 4.79 Å². The molecule has 0 aliphatic heterocycles. The van der Waals surface area contributed by atoms with Crippen LogP contribution in [0.15, 0.2) is 30.5 Å². The second kappa shape index (κ2) is 3.04. The maximum absolute atomic E-state index is 11.4. The Labute approximate surface area is 82.2 Å². The zero-order chi connectivity index (χ0) is 10.1. The first-order valence-electron chi connectivity index (χ1n) is 4.29. The monoisotopic (exact) mass is 183 g/mol. The third-order valence-electron chi connectivity index (χ3n) is 2.27. The van der Waals surface area contributed by atoms with Crippen LogP contribution in [-0.2, 0) is 7.05 Å². The van der Waals surface area contributed by atoms with Gasteiger partial charge in [-0.15, -0.1) is 6.42 Å². The minimum Gasteiger partial charge on any atom is -0.350 e. The number of benzene rings is 1. The molecule has 2 nitrogen and oxygen atoms in total. The fourth-order valence-corrected chi connectivity index (χ4v) is 1.60. The van der Waals surface area contributed by atoms with Crippen LogP contribution in [0.25, 0.3) is 10.9 Å². The van der Waals surface area contributed by atoms with Crippen LogP contribution in [0, 0.1) is 12.3 Å². The highest BCUT2D eigenvalue weighted by molar-refractivity contribution is 6.16. The number of hydrogen-bond acceptors (Lipinski definition) is 1. The lowest BCUT2D eigenvalue weighted by Gasteiger charge is -1.92. The molecule has 1 aromatic carbocycles. The molecular weight excluding hydrogens is 174 g/mol. The molecule has 0 saturated carbocycles. The quantitative estimate of drug-likeness (QED) is 0.376. The summed E-state index contributed by atoms with van der Waals surface area (Å²) in [6.45, 7) is 0. The summed E-state index contributed by atoms with van der Waals surface area (Å²) in [4.78, 5) is 11.4. The van der Waals surface area contributed by atoms with E-state index in [9.17, 15) is 4.79 Å². The number of hydrogen-bond donors (Lipinski definition) is 0. The molecule has 0 atom stereocenters. The second-order valence-corrected chi connectivity index (χ2v) is 3.14. The fourth-order valence-electron chi connectivity index (χ4n) is 1.60. The molecule has 0 spiro atoms. The normalized spacial score (nSPS) is 10.0. The Balaban J connectivity index is 2.80. The summed E-state index contributed by atoms with van der Waals surface area (Å²) in [5.74, 6) is 1.87. The van der Waals surface area contributed by atoms with Crippen LogP contribution >= 0.6 is 0 Å². The van der Waals surface area contributed by atoms with Crippen molar-refractivity contribution in [1.82, 2.24) is 4.57 Å². The Hall–Kier alpha value is -2.01. The van der Waals surface area contributed by atoms with Gasteiger partial charge in [-0.3, -0.25) is 4.79 Å². The minimum atomic E-state index is -0.262. The standard InChI is InChI=1S/C12H9NO/c1-3-12(14)10-8-13(2)11-7-5-4-6-9(10)11/h1,4-8H,2H3. The molecule has 2 heteroatoms. The number of carbonyl (C=O) groups is 1. The van der Waals surface area contributed by atoms with E-state index in [0.29, 0.717) is 5.56 Å². The van der Waals surface area contributed by atoms with Crippen molar-refractivity contribution >= 4 is 16.7 Å². The number of carbonyl (C=O) groups excluding carboxylic acids is 1. The van der Waals surface area contributed by atoms with E-state index in [2.05, 4.69) is 5.92 Å². The Morgan fingerprint density at radius 1 is 1.43 bits per heavy atom. The maximum atomic E-state index is 11.4. The number of fused-ring (bicyclic) bond motifs is 1. The van der Waals surface area contributed by atoms with Crippen molar-refractivity contribution in [3.63, 3.8) is 0 Å². The average molecular weight is 183 g/mol. The van der Waals surface area contributed by atoms with Crippen LogP contribution < -0.4 is 0 Å². The summed E-state index contributed by atoms with van der Waals surface area (Å²) in [6, 6.07) is 7.70. The molecule has 0 saturated heterocycles.